The summed E-state index contributed by atoms with van der Waals surface area (Å²) in [6, 6.07) is 12.5. The van der Waals surface area contributed by atoms with Crippen LogP contribution in [-0.2, 0) is 4.79 Å². The van der Waals surface area contributed by atoms with Crippen LogP contribution < -0.4 is 11.1 Å². The van der Waals surface area contributed by atoms with Gasteiger partial charge in [0.25, 0.3) is 0 Å². The van der Waals surface area contributed by atoms with E-state index in [1.165, 1.54) is 29.2 Å². The number of anilines is 2. The molecule has 25 heavy (non-hydrogen) atoms. The van der Waals surface area contributed by atoms with E-state index in [4.69, 9.17) is 5.73 Å². The van der Waals surface area contributed by atoms with Gasteiger partial charge in [0.15, 0.2) is 4.34 Å². The minimum Gasteiger partial charge on any atom is -0.389 e. The summed E-state index contributed by atoms with van der Waals surface area (Å²) in [7, 11) is 0. The number of nitrogen functional groups attached to an aromatic ring is 1. The maximum absolute atomic E-state index is 13.5. The molecule has 0 spiro atoms. The van der Waals surface area contributed by atoms with Gasteiger partial charge in [0.05, 0.1) is 11.4 Å². The van der Waals surface area contributed by atoms with E-state index in [9.17, 15) is 13.6 Å². The van der Waals surface area contributed by atoms with Gasteiger partial charge in [-0.2, -0.15) is 0 Å². The minimum atomic E-state index is -0.816. The van der Waals surface area contributed by atoms with Crippen LogP contribution in [0.4, 0.5) is 19.5 Å². The number of carbonyl (C=O) groups is 1. The van der Waals surface area contributed by atoms with Gasteiger partial charge in [0, 0.05) is 11.6 Å². The fraction of sp³-hybridized carbons (Fsp3) is 0.0588. The van der Waals surface area contributed by atoms with Gasteiger partial charge in [-0.25, -0.2) is 13.8 Å². The normalized spacial score (nSPS) is 10.6. The fourth-order valence-corrected chi connectivity index (χ4v) is 3.83. The highest BCUT2D eigenvalue weighted by Gasteiger charge is 2.13. The predicted molar refractivity (Wildman–Crippen MR) is 97.7 cm³/mol. The molecule has 0 aliphatic rings. The van der Waals surface area contributed by atoms with Crippen LogP contribution in [0.3, 0.4) is 0 Å². The van der Waals surface area contributed by atoms with Crippen LogP contribution in [0.2, 0.25) is 0 Å². The Balaban J connectivity index is 1.63. The molecule has 8 heteroatoms. The van der Waals surface area contributed by atoms with Crippen molar-refractivity contribution in [3.05, 3.63) is 60.2 Å². The number of nitrogens with two attached hydrogens (primary N) is 1. The Morgan fingerprint density at radius 2 is 1.96 bits per heavy atom. The summed E-state index contributed by atoms with van der Waals surface area (Å²) >= 11 is 2.49. The standard InChI is InChI=1S/C17H13F2N3OS2/c18-11-6-7-13(12(19)8-11)21-14(23)9-24-17-22-15(16(20)25-17)10-4-2-1-3-5-10/h1-8H,9,20H2,(H,21,23). The van der Waals surface area contributed by atoms with Crippen molar-refractivity contribution in [3.63, 3.8) is 0 Å². The van der Waals surface area contributed by atoms with Crippen molar-refractivity contribution in [2.45, 2.75) is 4.34 Å². The topological polar surface area (TPSA) is 68.0 Å². The van der Waals surface area contributed by atoms with Crippen molar-refractivity contribution in [3.8, 4) is 11.3 Å². The highest BCUT2D eigenvalue weighted by Crippen LogP contribution is 2.35. The third kappa shape index (κ3) is 4.34. The summed E-state index contributed by atoms with van der Waals surface area (Å²) in [5.41, 5.74) is 7.52. The molecule has 3 N–H and O–H groups in total. The number of nitrogens with one attached hydrogen (secondary N) is 1. The van der Waals surface area contributed by atoms with Gasteiger partial charge in [-0.1, -0.05) is 53.4 Å². The van der Waals surface area contributed by atoms with Crippen LogP contribution >= 0.6 is 23.1 Å². The zero-order valence-corrected chi connectivity index (χ0v) is 14.5. The predicted octanol–water partition coefficient (Wildman–Crippen LogP) is 4.40. The van der Waals surface area contributed by atoms with Crippen molar-refractivity contribution in [1.29, 1.82) is 0 Å². The highest BCUT2D eigenvalue weighted by atomic mass is 32.2. The number of amides is 1. The second kappa shape index (κ2) is 7.62. The summed E-state index contributed by atoms with van der Waals surface area (Å²) in [6.45, 7) is 0. The number of hydrogen-bond donors (Lipinski definition) is 2. The van der Waals surface area contributed by atoms with Crippen LogP contribution in [0.15, 0.2) is 52.9 Å². The zero-order valence-electron chi connectivity index (χ0n) is 12.8. The van der Waals surface area contributed by atoms with Crippen LogP contribution in [0, 0.1) is 11.6 Å². The average molecular weight is 377 g/mol. The Morgan fingerprint density at radius 3 is 2.68 bits per heavy atom. The van der Waals surface area contributed by atoms with Gasteiger partial charge >= 0.3 is 0 Å². The SMILES string of the molecule is Nc1sc(SCC(=O)Nc2ccc(F)cc2F)nc1-c1ccccc1. The Kier molecular flexibility index (Phi) is 5.30. The first-order valence-electron chi connectivity index (χ1n) is 7.22. The minimum absolute atomic E-state index is 0.0397. The Hall–Kier alpha value is -2.45. The lowest BCUT2D eigenvalue weighted by atomic mass is 10.2. The number of benzene rings is 2. The lowest BCUT2D eigenvalue weighted by molar-refractivity contribution is -0.113. The first-order valence-corrected chi connectivity index (χ1v) is 9.02. The van der Waals surface area contributed by atoms with Crippen LogP contribution in [0.1, 0.15) is 0 Å². The van der Waals surface area contributed by atoms with Gasteiger partial charge in [0.1, 0.15) is 22.3 Å². The van der Waals surface area contributed by atoms with E-state index in [1.54, 1.807) is 0 Å². The molecule has 3 aromatic rings. The van der Waals surface area contributed by atoms with E-state index >= 15 is 0 Å². The second-order valence-electron chi connectivity index (χ2n) is 5.02. The third-order valence-corrected chi connectivity index (χ3v) is 5.24. The first kappa shape index (κ1) is 17.4. The average Bonchev–Trinajstić information content (AvgIpc) is 2.97. The third-order valence-electron chi connectivity index (χ3n) is 3.21. The van der Waals surface area contributed by atoms with Crippen LogP contribution in [0.5, 0.6) is 0 Å². The zero-order chi connectivity index (χ0) is 17.8. The van der Waals surface area contributed by atoms with Crippen molar-refractivity contribution in [1.82, 2.24) is 4.98 Å². The molecule has 0 fully saturated rings. The number of thiazole rings is 1. The molecule has 0 saturated heterocycles. The highest BCUT2D eigenvalue weighted by molar-refractivity contribution is 8.01. The molecule has 1 heterocycles. The lowest BCUT2D eigenvalue weighted by Crippen LogP contribution is -2.15. The summed E-state index contributed by atoms with van der Waals surface area (Å²) in [6.07, 6.45) is 0. The summed E-state index contributed by atoms with van der Waals surface area (Å²) in [4.78, 5) is 16.4. The monoisotopic (exact) mass is 377 g/mol. The van der Waals surface area contributed by atoms with E-state index in [-0.39, 0.29) is 11.4 Å². The van der Waals surface area contributed by atoms with Gasteiger partial charge in [-0.15, -0.1) is 0 Å². The van der Waals surface area contributed by atoms with Gasteiger partial charge in [-0.05, 0) is 12.1 Å². The summed E-state index contributed by atoms with van der Waals surface area (Å²) in [5.74, 6) is -1.89. The molecule has 0 aliphatic heterocycles. The van der Waals surface area contributed by atoms with Crippen molar-refractivity contribution in [2.75, 3.05) is 16.8 Å². The Morgan fingerprint density at radius 1 is 1.20 bits per heavy atom. The molecule has 0 aliphatic carbocycles. The lowest BCUT2D eigenvalue weighted by Gasteiger charge is -2.05. The smallest absolute Gasteiger partial charge is 0.234 e. The maximum Gasteiger partial charge on any atom is 0.234 e. The molecule has 3 rings (SSSR count). The molecular weight excluding hydrogens is 364 g/mol. The molecule has 0 radical (unpaired) electrons. The Labute approximate surface area is 151 Å². The number of carbonyl (C=O) groups excluding carboxylic acids is 1. The van der Waals surface area contributed by atoms with Gasteiger partial charge in [0.2, 0.25) is 5.91 Å². The van der Waals surface area contributed by atoms with Crippen molar-refractivity contribution in [2.24, 2.45) is 0 Å². The fourth-order valence-electron chi connectivity index (χ4n) is 2.08. The van der Waals surface area contributed by atoms with E-state index in [0.717, 1.165) is 17.7 Å². The van der Waals surface area contributed by atoms with Gasteiger partial charge < -0.3 is 11.1 Å². The number of thioether (sulfide) groups is 1. The first-order chi connectivity index (χ1) is 12.0. The number of aromatic nitrogens is 1. The van der Waals surface area contributed by atoms with Crippen molar-refractivity contribution >= 4 is 39.7 Å². The molecule has 1 amide bonds. The Bertz CT molecular complexity index is 900. The number of nitrogens with zero attached hydrogens (tertiary/aromatic N) is 1. The molecule has 2 aromatic carbocycles. The largest absolute Gasteiger partial charge is 0.389 e. The maximum atomic E-state index is 13.5. The molecule has 128 valence electrons. The molecule has 0 atom stereocenters. The molecule has 4 nitrogen and oxygen atoms in total. The number of hydrogen-bond acceptors (Lipinski definition) is 5. The van der Waals surface area contributed by atoms with E-state index in [2.05, 4.69) is 10.3 Å². The number of rotatable bonds is 5. The molecule has 0 bridgehead atoms. The molecule has 0 unspecified atom stereocenters. The van der Waals surface area contributed by atoms with Crippen molar-refractivity contribution < 1.29 is 13.6 Å². The van der Waals surface area contributed by atoms with E-state index < -0.39 is 17.5 Å². The van der Waals surface area contributed by atoms with Crippen LogP contribution in [0.25, 0.3) is 11.3 Å². The molecular formula is C17H13F2N3OS2. The molecule has 1 aromatic heterocycles. The van der Waals surface area contributed by atoms with E-state index in [1.807, 2.05) is 30.3 Å². The summed E-state index contributed by atoms with van der Waals surface area (Å²) < 4.78 is 27.0. The second-order valence-corrected chi connectivity index (χ2v) is 7.27. The van der Waals surface area contributed by atoms with Crippen LogP contribution in [-0.4, -0.2) is 16.6 Å². The number of halogens is 2. The summed E-state index contributed by atoms with van der Waals surface area (Å²) in [5, 5.41) is 2.97. The molecule has 0 saturated carbocycles. The van der Waals surface area contributed by atoms with E-state index in [0.29, 0.717) is 15.0 Å². The quantitative estimate of drug-likeness (QED) is 0.647. The van der Waals surface area contributed by atoms with Gasteiger partial charge in [-0.3, -0.25) is 4.79 Å².